The SMILES string of the molecule is O=C1OC(c2ccccc2F)=N/C1=C/c1ccc2c(c1)OCCO2. The Balaban J connectivity index is 1.67. The van der Waals surface area contributed by atoms with Crippen LogP contribution in [0.2, 0.25) is 0 Å². The Bertz CT molecular complexity index is 888. The van der Waals surface area contributed by atoms with Crippen LogP contribution >= 0.6 is 0 Å². The van der Waals surface area contributed by atoms with Crippen molar-refractivity contribution < 1.29 is 23.4 Å². The molecule has 0 radical (unpaired) electrons. The number of halogens is 1. The van der Waals surface area contributed by atoms with Crippen LogP contribution in [0.15, 0.2) is 53.2 Å². The molecule has 2 heterocycles. The molecule has 0 N–H and O–H groups in total. The third-order valence-corrected chi connectivity index (χ3v) is 3.59. The number of carbonyl (C=O) groups is 1. The Morgan fingerprint density at radius 3 is 2.67 bits per heavy atom. The molecule has 2 aliphatic heterocycles. The fourth-order valence-electron chi connectivity index (χ4n) is 2.47. The number of benzene rings is 2. The van der Waals surface area contributed by atoms with Gasteiger partial charge in [0.15, 0.2) is 17.2 Å². The summed E-state index contributed by atoms with van der Waals surface area (Å²) < 4.78 is 29.8. The van der Waals surface area contributed by atoms with Gasteiger partial charge in [-0.25, -0.2) is 14.2 Å². The van der Waals surface area contributed by atoms with Gasteiger partial charge in [0.2, 0.25) is 5.90 Å². The fourth-order valence-corrected chi connectivity index (χ4v) is 2.47. The van der Waals surface area contributed by atoms with Crippen molar-refractivity contribution in [3.05, 3.63) is 65.1 Å². The molecule has 0 aliphatic carbocycles. The van der Waals surface area contributed by atoms with Crippen molar-refractivity contribution >= 4 is 17.9 Å². The molecule has 0 saturated heterocycles. The Hall–Kier alpha value is -3.15. The van der Waals surface area contributed by atoms with Crippen LogP contribution in [0.1, 0.15) is 11.1 Å². The largest absolute Gasteiger partial charge is 0.486 e. The highest BCUT2D eigenvalue weighted by Gasteiger charge is 2.26. The Kier molecular flexibility index (Phi) is 3.49. The second kappa shape index (κ2) is 5.81. The van der Waals surface area contributed by atoms with Gasteiger partial charge in [-0.15, -0.1) is 0 Å². The van der Waals surface area contributed by atoms with Crippen LogP contribution in [0.3, 0.4) is 0 Å². The number of carbonyl (C=O) groups excluding carboxylic acids is 1. The highest BCUT2D eigenvalue weighted by molar-refractivity contribution is 6.12. The zero-order valence-electron chi connectivity index (χ0n) is 12.5. The fraction of sp³-hybridized carbons (Fsp3) is 0.111. The van der Waals surface area contributed by atoms with Gasteiger partial charge >= 0.3 is 5.97 Å². The Morgan fingerprint density at radius 2 is 1.83 bits per heavy atom. The zero-order chi connectivity index (χ0) is 16.5. The second-order valence-electron chi connectivity index (χ2n) is 5.22. The summed E-state index contributed by atoms with van der Waals surface area (Å²) in [6.45, 7) is 0.987. The first kappa shape index (κ1) is 14.4. The average molecular weight is 325 g/mol. The van der Waals surface area contributed by atoms with Gasteiger partial charge in [0, 0.05) is 0 Å². The Morgan fingerprint density at radius 1 is 1.04 bits per heavy atom. The van der Waals surface area contributed by atoms with Crippen molar-refractivity contribution in [2.24, 2.45) is 4.99 Å². The normalized spacial score (nSPS) is 17.6. The third-order valence-electron chi connectivity index (χ3n) is 3.59. The Labute approximate surface area is 137 Å². The molecule has 2 aliphatic rings. The predicted molar refractivity (Wildman–Crippen MR) is 84.4 cm³/mol. The average Bonchev–Trinajstić information content (AvgIpc) is 2.96. The lowest BCUT2D eigenvalue weighted by atomic mass is 10.1. The number of hydrogen-bond acceptors (Lipinski definition) is 5. The first-order chi connectivity index (χ1) is 11.7. The van der Waals surface area contributed by atoms with Crippen LogP contribution in [0, 0.1) is 5.82 Å². The van der Waals surface area contributed by atoms with E-state index < -0.39 is 11.8 Å². The van der Waals surface area contributed by atoms with E-state index in [-0.39, 0.29) is 17.2 Å². The second-order valence-corrected chi connectivity index (χ2v) is 5.22. The lowest BCUT2D eigenvalue weighted by Crippen LogP contribution is -2.15. The van der Waals surface area contributed by atoms with Crippen LogP contribution in [0.25, 0.3) is 6.08 Å². The van der Waals surface area contributed by atoms with Gasteiger partial charge in [0.25, 0.3) is 0 Å². The molecule has 0 spiro atoms. The minimum Gasteiger partial charge on any atom is -0.486 e. The molecule has 0 unspecified atom stereocenters. The van der Waals surface area contributed by atoms with Crippen molar-refractivity contribution in [3.8, 4) is 11.5 Å². The summed E-state index contributed by atoms with van der Waals surface area (Å²) in [5.41, 5.74) is 0.964. The number of esters is 1. The minimum atomic E-state index is -0.622. The molecule has 2 aromatic rings. The third kappa shape index (κ3) is 2.62. The van der Waals surface area contributed by atoms with Gasteiger partial charge < -0.3 is 14.2 Å². The molecule has 0 fully saturated rings. The van der Waals surface area contributed by atoms with Crippen LogP contribution in [0.4, 0.5) is 4.39 Å². The highest BCUT2D eigenvalue weighted by Crippen LogP contribution is 2.32. The summed E-state index contributed by atoms with van der Waals surface area (Å²) in [4.78, 5) is 16.1. The van der Waals surface area contributed by atoms with Crippen LogP contribution < -0.4 is 9.47 Å². The molecular weight excluding hydrogens is 313 g/mol. The van der Waals surface area contributed by atoms with Gasteiger partial charge in [0.05, 0.1) is 5.56 Å². The van der Waals surface area contributed by atoms with Crippen LogP contribution in [-0.2, 0) is 9.53 Å². The molecular formula is C18H12FNO4. The molecule has 0 aromatic heterocycles. The van der Waals surface area contributed by atoms with E-state index >= 15 is 0 Å². The number of hydrogen-bond donors (Lipinski definition) is 0. The minimum absolute atomic E-state index is 0.0399. The maximum absolute atomic E-state index is 13.8. The summed E-state index contributed by atoms with van der Waals surface area (Å²) in [6.07, 6.45) is 1.56. The van der Waals surface area contributed by atoms with Gasteiger partial charge in [0.1, 0.15) is 19.0 Å². The summed E-state index contributed by atoms with van der Waals surface area (Å²) in [7, 11) is 0. The van der Waals surface area contributed by atoms with E-state index in [1.54, 1.807) is 36.4 Å². The summed E-state index contributed by atoms with van der Waals surface area (Å²) in [5.74, 6) is 0.114. The van der Waals surface area contributed by atoms with Crippen LogP contribution in [0.5, 0.6) is 11.5 Å². The molecule has 120 valence electrons. The molecule has 6 heteroatoms. The van der Waals surface area contributed by atoms with Crippen LogP contribution in [-0.4, -0.2) is 25.1 Å². The standard InChI is InChI=1S/C18H12FNO4/c19-13-4-2-1-3-12(13)17-20-14(18(21)24-17)9-11-5-6-15-16(10-11)23-8-7-22-15/h1-6,9-10H,7-8H2/b14-9+. The highest BCUT2D eigenvalue weighted by atomic mass is 19.1. The van der Waals surface area contributed by atoms with Gasteiger partial charge in [-0.05, 0) is 35.9 Å². The maximum atomic E-state index is 13.8. The maximum Gasteiger partial charge on any atom is 0.363 e. The van der Waals surface area contributed by atoms with Crippen molar-refractivity contribution in [2.75, 3.05) is 13.2 Å². The van der Waals surface area contributed by atoms with Crippen molar-refractivity contribution in [2.45, 2.75) is 0 Å². The molecule has 2 aromatic carbocycles. The molecule has 0 saturated carbocycles. The zero-order valence-corrected chi connectivity index (χ0v) is 12.5. The van der Waals surface area contributed by atoms with E-state index in [1.165, 1.54) is 12.1 Å². The lowest BCUT2D eigenvalue weighted by Gasteiger charge is -2.18. The molecule has 5 nitrogen and oxygen atoms in total. The summed E-state index contributed by atoms with van der Waals surface area (Å²) >= 11 is 0. The number of cyclic esters (lactones) is 1. The predicted octanol–water partition coefficient (Wildman–Crippen LogP) is 2.94. The van der Waals surface area contributed by atoms with E-state index in [4.69, 9.17) is 14.2 Å². The van der Waals surface area contributed by atoms with Crippen molar-refractivity contribution in [3.63, 3.8) is 0 Å². The van der Waals surface area contributed by atoms with E-state index in [0.29, 0.717) is 30.3 Å². The molecule has 0 atom stereocenters. The quantitative estimate of drug-likeness (QED) is 0.629. The molecule has 24 heavy (non-hydrogen) atoms. The van der Waals surface area contributed by atoms with E-state index in [0.717, 1.165) is 0 Å². The number of aliphatic imine (C=N–C) groups is 1. The number of nitrogens with zero attached hydrogens (tertiary/aromatic N) is 1. The van der Waals surface area contributed by atoms with Crippen molar-refractivity contribution in [1.82, 2.24) is 0 Å². The first-order valence-corrected chi connectivity index (χ1v) is 7.38. The summed E-state index contributed by atoms with van der Waals surface area (Å²) in [6, 6.07) is 11.3. The van der Waals surface area contributed by atoms with E-state index in [1.807, 2.05) is 0 Å². The van der Waals surface area contributed by atoms with E-state index in [2.05, 4.69) is 4.99 Å². The molecule has 0 amide bonds. The molecule has 0 bridgehead atoms. The van der Waals surface area contributed by atoms with Gasteiger partial charge in [-0.1, -0.05) is 18.2 Å². The summed E-state index contributed by atoms with van der Waals surface area (Å²) in [5, 5.41) is 0. The number of rotatable bonds is 2. The number of ether oxygens (including phenoxy) is 3. The smallest absolute Gasteiger partial charge is 0.363 e. The first-order valence-electron chi connectivity index (χ1n) is 7.38. The van der Waals surface area contributed by atoms with Gasteiger partial charge in [-0.2, -0.15) is 0 Å². The molecule has 4 rings (SSSR count). The number of fused-ring (bicyclic) bond motifs is 1. The lowest BCUT2D eigenvalue weighted by molar-refractivity contribution is -0.129. The topological polar surface area (TPSA) is 57.1 Å². The van der Waals surface area contributed by atoms with Crippen molar-refractivity contribution in [1.29, 1.82) is 0 Å². The van der Waals surface area contributed by atoms with Gasteiger partial charge in [-0.3, -0.25) is 0 Å². The van der Waals surface area contributed by atoms with E-state index in [9.17, 15) is 9.18 Å². The monoisotopic (exact) mass is 325 g/mol.